The molecule has 0 saturated heterocycles. The number of rotatable bonds is 4. The van der Waals surface area contributed by atoms with Crippen LogP contribution < -0.4 is 0 Å². The summed E-state index contributed by atoms with van der Waals surface area (Å²) in [4.78, 5) is 9.83. The van der Waals surface area contributed by atoms with Gasteiger partial charge in [-0.15, -0.1) is 42.0 Å². The molecule has 6 aromatic rings. The van der Waals surface area contributed by atoms with Crippen molar-refractivity contribution >= 4 is 22.1 Å². The van der Waals surface area contributed by atoms with E-state index in [1.807, 2.05) is 93.2 Å². The van der Waals surface area contributed by atoms with Gasteiger partial charge in [0, 0.05) is 25.7 Å². The molecular weight excluding hydrogens is 661 g/mol. The van der Waals surface area contributed by atoms with E-state index in [-0.39, 0.29) is 21.1 Å². The average molecular weight is 686 g/mol. The van der Waals surface area contributed by atoms with Gasteiger partial charge in [0.2, 0.25) is 0 Å². The normalized spacial score (nSPS) is 11.7. The number of para-hydroxylation sites is 3. The van der Waals surface area contributed by atoms with Crippen LogP contribution in [0.4, 0.5) is 8.78 Å². The van der Waals surface area contributed by atoms with E-state index in [0.717, 1.165) is 56.5 Å². The first-order chi connectivity index (χ1) is 17.8. The minimum Gasteiger partial charge on any atom is -0.359 e. The second-order valence-electron chi connectivity index (χ2n) is 9.79. The number of hydrogen-bond acceptors (Lipinski definition) is 2. The molecule has 0 amide bonds. The van der Waals surface area contributed by atoms with Crippen molar-refractivity contribution in [2.24, 2.45) is 14.1 Å². The molecule has 0 fully saturated rings. The zero-order chi connectivity index (χ0) is 25.9. The Morgan fingerprint density at radius 1 is 0.789 bits per heavy atom. The molecule has 0 aliphatic carbocycles. The van der Waals surface area contributed by atoms with E-state index < -0.39 is 17.0 Å². The fourth-order valence-electron chi connectivity index (χ4n) is 5.13. The van der Waals surface area contributed by atoms with Gasteiger partial charge in [-0.1, -0.05) is 49.2 Å². The molecule has 0 radical (unpaired) electrons. The van der Waals surface area contributed by atoms with Crippen LogP contribution >= 0.6 is 0 Å². The fraction of sp³-hybridized carbons (Fsp3) is 0.161. The summed E-state index contributed by atoms with van der Waals surface area (Å²) in [7, 11) is 3.96. The molecule has 4 nitrogen and oxygen atoms in total. The molecule has 4 aromatic carbocycles. The van der Waals surface area contributed by atoms with Gasteiger partial charge in [0.05, 0.1) is 33.7 Å². The molecule has 2 heterocycles. The molecule has 0 saturated carbocycles. The number of nitrogens with zero attached hydrogens (tertiary/aromatic N) is 4. The number of imidazole rings is 2. The summed E-state index contributed by atoms with van der Waals surface area (Å²) in [6, 6.07) is 28.2. The number of fused-ring (bicyclic) bond motifs is 2. The summed E-state index contributed by atoms with van der Waals surface area (Å²) in [5, 5.41) is 0. The van der Waals surface area contributed by atoms with Crippen LogP contribution in [0, 0.1) is 23.8 Å². The Hall–Kier alpha value is -3.63. The molecular formula is C31H24F2N4Pt. The van der Waals surface area contributed by atoms with Gasteiger partial charge in [-0.2, -0.15) is 6.07 Å². The molecule has 0 unspecified atom stereocenters. The van der Waals surface area contributed by atoms with E-state index in [2.05, 4.69) is 16.7 Å². The van der Waals surface area contributed by atoms with Gasteiger partial charge in [-0.25, -0.2) is 0 Å². The minimum absolute atomic E-state index is 0. The van der Waals surface area contributed by atoms with Crippen molar-refractivity contribution < 1.29 is 29.8 Å². The van der Waals surface area contributed by atoms with Crippen LogP contribution in [0.2, 0.25) is 0 Å². The van der Waals surface area contributed by atoms with E-state index in [1.165, 1.54) is 6.07 Å². The predicted octanol–water partition coefficient (Wildman–Crippen LogP) is 7.00. The quantitative estimate of drug-likeness (QED) is 0.188. The molecule has 0 aliphatic rings. The summed E-state index contributed by atoms with van der Waals surface area (Å²) in [6.07, 6.45) is 0. The van der Waals surface area contributed by atoms with Crippen LogP contribution in [-0.2, 0) is 40.6 Å². The van der Waals surface area contributed by atoms with Crippen molar-refractivity contribution in [1.29, 1.82) is 0 Å². The van der Waals surface area contributed by atoms with E-state index in [0.29, 0.717) is 5.56 Å². The summed E-state index contributed by atoms with van der Waals surface area (Å²) in [5.74, 6) is 0.293. The maximum atomic E-state index is 14.8. The Morgan fingerprint density at radius 2 is 1.42 bits per heavy atom. The first kappa shape index (κ1) is 26.0. The largest absolute Gasteiger partial charge is 2.00 e. The third-order valence-corrected chi connectivity index (χ3v) is 7.13. The van der Waals surface area contributed by atoms with Crippen LogP contribution in [0.1, 0.15) is 25.0 Å². The SMILES string of the molecule is Cn1c(-c2[c-]c(-c3nc4c(C(C)(C)c5[c-]cc(F)cc5F)cccc4n3C)ccc2)nc2ccccc21.[Pt+2]. The van der Waals surface area contributed by atoms with Crippen LogP contribution in [0.5, 0.6) is 0 Å². The van der Waals surface area contributed by atoms with E-state index in [9.17, 15) is 8.78 Å². The topological polar surface area (TPSA) is 35.6 Å². The number of hydrogen-bond donors (Lipinski definition) is 0. The van der Waals surface area contributed by atoms with Gasteiger partial charge in [-0.3, -0.25) is 18.7 Å². The van der Waals surface area contributed by atoms with Gasteiger partial charge in [0.1, 0.15) is 0 Å². The predicted molar refractivity (Wildman–Crippen MR) is 142 cm³/mol. The van der Waals surface area contributed by atoms with Gasteiger partial charge >= 0.3 is 21.1 Å². The molecule has 0 atom stereocenters. The smallest absolute Gasteiger partial charge is 0.359 e. The first-order valence-electron chi connectivity index (χ1n) is 12.0. The maximum absolute atomic E-state index is 14.8. The molecule has 38 heavy (non-hydrogen) atoms. The van der Waals surface area contributed by atoms with Crippen LogP contribution in [0.3, 0.4) is 0 Å². The standard InChI is InChI=1S/C31H24F2N4.Pt/c1-31(2,22-16-15-21(32)18-24(22)33)23-11-8-14-27-28(23)35-30(37(27)4)20-10-7-9-19(17-20)29-34-25-12-5-6-13-26(25)36(29)3;/h5-15,18H,1-4H3;/q-2;+2. The zero-order valence-electron chi connectivity index (χ0n) is 21.3. The van der Waals surface area contributed by atoms with Crippen molar-refractivity contribution in [2.45, 2.75) is 19.3 Å². The third-order valence-electron chi connectivity index (χ3n) is 7.13. The number of benzene rings is 4. The van der Waals surface area contributed by atoms with Crippen molar-refractivity contribution in [2.75, 3.05) is 0 Å². The summed E-state index contributed by atoms with van der Waals surface area (Å²) in [5.41, 5.74) is 5.67. The first-order valence-corrected chi connectivity index (χ1v) is 12.0. The summed E-state index contributed by atoms with van der Waals surface area (Å²) < 4.78 is 32.4. The van der Waals surface area contributed by atoms with Crippen LogP contribution in [-0.4, -0.2) is 19.1 Å². The Balaban J connectivity index is 0.00000294. The van der Waals surface area contributed by atoms with Gasteiger partial charge in [0.25, 0.3) is 0 Å². The Morgan fingerprint density at radius 3 is 2.13 bits per heavy atom. The fourth-order valence-corrected chi connectivity index (χ4v) is 5.13. The average Bonchev–Trinajstić information content (AvgIpc) is 3.41. The Labute approximate surface area is 234 Å². The Bertz CT molecular complexity index is 1820. The molecule has 0 bridgehead atoms. The van der Waals surface area contributed by atoms with Crippen molar-refractivity contribution in [3.8, 4) is 22.8 Å². The third kappa shape index (κ3) is 4.08. The monoisotopic (exact) mass is 685 g/mol. The second kappa shape index (κ2) is 9.59. The van der Waals surface area contributed by atoms with Gasteiger partial charge < -0.3 is 9.13 Å². The van der Waals surface area contributed by atoms with Crippen molar-refractivity contribution in [3.63, 3.8) is 0 Å². The maximum Gasteiger partial charge on any atom is 2.00 e. The summed E-state index contributed by atoms with van der Waals surface area (Å²) in [6.45, 7) is 3.81. The summed E-state index contributed by atoms with van der Waals surface area (Å²) >= 11 is 0. The molecule has 2 aromatic heterocycles. The van der Waals surface area contributed by atoms with E-state index >= 15 is 0 Å². The minimum atomic E-state index is -0.790. The zero-order valence-corrected chi connectivity index (χ0v) is 23.6. The number of halogens is 2. The van der Waals surface area contributed by atoms with Gasteiger partial charge in [-0.05, 0) is 29.2 Å². The van der Waals surface area contributed by atoms with Crippen LogP contribution in [0.25, 0.3) is 44.8 Å². The van der Waals surface area contributed by atoms with Crippen LogP contribution in [0.15, 0.2) is 72.8 Å². The molecule has 6 rings (SSSR count). The van der Waals surface area contributed by atoms with E-state index in [1.54, 1.807) is 0 Å². The van der Waals surface area contributed by atoms with Crippen molar-refractivity contribution in [1.82, 2.24) is 19.1 Å². The molecule has 192 valence electrons. The van der Waals surface area contributed by atoms with Gasteiger partial charge in [0.15, 0.2) is 0 Å². The molecule has 7 heteroatoms. The van der Waals surface area contributed by atoms with E-state index in [4.69, 9.17) is 9.97 Å². The second-order valence-corrected chi connectivity index (χ2v) is 9.79. The number of aromatic nitrogens is 4. The Kier molecular flexibility index (Phi) is 6.56. The van der Waals surface area contributed by atoms with Crippen molar-refractivity contribution in [3.05, 3.63) is 108 Å². The number of aryl methyl sites for hydroxylation is 2. The molecule has 0 spiro atoms. The molecule has 0 N–H and O–H groups in total. The molecule has 0 aliphatic heterocycles.